The van der Waals surface area contributed by atoms with E-state index < -0.39 is 6.04 Å². The molecule has 1 aromatic rings. The topological polar surface area (TPSA) is 49.4 Å². The summed E-state index contributed by atoms with van der Waals surface area (Å²) < 4.78 is 0. The minimum absolute atomic E-state index is 0.0556. The summed E-state index contributed by atoms with van der Waals surface area (Å²) in [7, 11) is 0. The van der Waals surface area contributed by atoms with E-state index in [0.717, 1.165) is 6.42 Å². The zero-order valence-electron chi connectivity index (χ0n) is 12.0. The third-order valence-electron chi connectivity index (χ3n) is 3.85. The van der Waals surface area contributed by atoms with Crippen molar-refractivity contribution in [2.45, 2.75) is 32.7 Å². The highest BCUT2D eigenvalue weighted by molar-refractivity contribution is 6.44. The fourth-order valence-electron chi connectivity index (χ4n) is 2.36. The number of benzene rings is 1. The molecule has 2 atom stereocenters. The van der Waals surface area contributed by atoms with Gasteiger partial charge in [-0.1, -0.05) is 49.5 Å². The van der Waals surface area contributed by atoms with Crippen LogP contribution in [0.3, 0.4) is 0 Å². The molecule has 2 amide bonds. The van der Waals surface area contributed by atoms with Gasteiger partial charge in [0.1, 0.15) is 6.04 Å². The van der Waals surface area contributed by atoms with Gasteiger partial charge in [-0.05, 0) is 18.1 Å². The molecule has 0 aromatic heterocycles. The summed E-state index contributed by atoms with van der Waals surface area (Å²) in [4.78, 5) is 26.2. The quantitative estimate of drug-likeness (QED) is 0.925. The van der Waals surface area contributed by atoms with E-state index >= 15 is 0 Å². The fraction of sp³-hybridized carbons (Fsp3) is 0.467. The second kappa shape index (κ2) is 6.67. The molecule has 2 rings (SSSR count). The van der Waals surface area contributed by atoms with Crippen LogP contribution in [-0.2, 0) is 9.59 Å². The van der Waals surface area contributed by atoms with Gasteiger partial charge in [-0.2, -0.15) is 0 Å². The third-order valence-corrected chi connectivity index (χ3v) is 4.65. The highest BCUT2D eigenvalue weighted by atomic mass is 35.5. The Morgan fingerprint density at radius 1 is 1.38 bits per heavy atom. The Morgan fingerprint density at radius 2 is 2.10 bits per heavy atom. The largest absolute Gasteiger partial charge is 0.344 e. The lowest BCUT2D eigenvalue weighted by molar-refractivity contribution is -0.126. The van der Waals surface area contributed by atoms with Crippen molar-refractivity contribution in [1.82, 2.24) is 5.32 Å². The van der Waals surface area contributed by atoms with E-state index in [4.69, 9.17) is 23.2 Å². The molecule has 4 nitrogen and oxygen atoms in total. The van der Waals surface area contributed by atoms with Crippen molar-refractivity contribution in [3.63, 3.8) is 0 Å². The van der Waals surface area contributed by atoms with Crippen LogP contribution in [-0.4, -0.2) is 24.4 Å². The number of hydrogen-bond donors (Lipinski definition) is 1. The van der Waals surface area contributed by atoms with Gasteiger partial charge in [0.05, 0.1) is 15.7 Å². The molecule has 1 saturated heterocycles. The average molecular weight is 329 g/mol. The molecular weight excluding hydrogens is 311 g/mol. The lowest BCUT2D eigenvalue weighted by Crippen LogP contribution is -2.48. The van der Waals surface area contributed by atoms with Gasteiger partial charge in [0.15, 0.2) is 0 Å². The number of halogens is 2. The second-order valence-electron chi connectivity index (χ2n) is 5.24. The van der Waals surface area contributed by atoms with Crippen molar-refractivity contribution >= 4 is 40.7 Å². The smallest absolute Gasteiger partial charge is 0.249 e. The minimum atomic E-state index is -0.528. The number of carbonyl (C=O) groups excluding carboxylic acids is 2. The number of carbonyl (C=O) groups is 2. The van der Waals surface area contributed by atoms with Crippen LogP contribution in [0.4, 0.5) is 5.69 Å². The molecule has 1 aromatic carbocycles. The van der Waals surface area contributed by atoms with Crippen molar-refractivity contribution in [2.24, 2.45) is 5.92 Å². The van der Waals surface area contributed by atoms with E-state index in [2.05, 4.69) is 5.32 Å². The van der Waals surface area contributed by atoms with Crippen LogP contribution >= 0.6 is 23.2 Å². The number of anilines is 1. The molecule has 1 aliphatic heterocycles. The summed E-state index contributed by atoms with van der Waals surface area (Å²) >= 11 is 12.2. The van der Waals surface area contributed by atoms with E-state index in [9.17, 15) is 9.59 Å². The first-order valence-electron chi connectivity index (χ1n) is 7.00. The summed E-state index contributed by atoms with van der Waals surface area (Å²) in [6.07, 6.45) is 1.05. The van der Waals surface area contributed by atoms with Crippen LogP contribution in [0.2, 0.25) is 10.0 Å². The van der Waals surface area contributed by atoms with Crippen molar-refractivity contribution in [3.05, 3.63) is 28.2 Å². The van der Waals surface area contributed by atoms with Crippen LogP contribution in [0.25, 0.3) is 0 Å². The third kappa shape index (κ3) is 3.33. The van der Waals surface area contributed by atoms with Crippen molar-refractivity contribution in [1.29, 1.82) is 0 Å². The number of nitrogens with zero attached hydrogens (tertiary/aromatic N) is 1. The Hall–Kier alpha value is -1.26. The van der Waals surface area contributed by atoms with Gasteiger partial charge in [0, 0.05) is 13.0 Å². The normalized spacial score (nSPS) is 21.0. The molecule has 0 aliphatic carbocycles. The first-order valence-corrected chi connectivity index (χ1v) is 7.76. The average Bonchev–Trinajstić information content (AvgIpc) is 2.61. The van der Waals surface area contributed by atoms with Gasteiger partial charge in [-0.15, -0.1) is 0 Å². The van der Waals surface area contributed by atoms with E-state index in [-0.39, 0.29) is 24.2 Å². The van der Waals surface area contributed by atoms with Gasteiger partial charge < -0.3 is 10.2 Å². The maximum atomic E-state index is 12.8. The first kappa shape index (κ1) is 16.1. The predicted molar refractivity (Wildman–Crippen MR) is 84.8 cm³/mol. The lowest BCUT2D eigenvalue weighted by Gasteiger charge is -2.28. The van der Waals surface area contributed by atoms with Gasteiger partial charge >= 0.3 is 0 Å². The van der Waals surface area contributed by atoms with Gasteiger partial charge in [-0.25, -0.2) is 0 Å². The molecule has 2 unspecified atom stereocenters. The van der Waals surface area contributed by atoms with Crippen molar-refractivity contribution in [3.8, 4) is 0 Å². The molecule has 0 saturated carbocycles. The summed E-state index contributed by atoms with van der Waals surface area (Å²) in [6.45, 7) is 4.25. The molecule has 0 bridgehead atoms. The van der Waals surface area contributed by atoms with Crippen molar-refractivity contribution in [2.75, 3.05) is 11.4 Å². The number of amides is 2. The molecule has 1 fully saturated rings. The molecule has 0 radical (unpaired) electrons. The molecule has 1 aliphatic rings. The van der Waals surface area contributed by atoms with Gasteiger partial charge in [0.2, 0.25) is 11.8 Å². The Balaban J connectivity index is 2.40. The van der Waals surface area contributed by atoms with E-state index in [1.807, 2.05) is 13.8 Å². The fourth-order valence-corrected chi connectivity index (χ4v) is 2.76. The predicted octanol–water partition coefficient (Wildman–Crippen LogP) is 3.26. The zero-order chi connectivity index (χ0) is 15.6. The molecule has 0 spiro atoms. The first-order chi connectivity index (χ1) is 9.95. The van der Waals surface area contributed by atoms with Crippen LogP contribution in [0.5, 0.6) is 0 Å². The van der Waals surface area contributed by atoms with Gasteiger partial charge in [0.25, 0.3) is 0 Å². The SMILES string of the molecule is CCC(C)C1NC(=O)CCN(c2cccc(Cl)c2Cl)C1=O. The van der Waals surface area contributed by atoms with E-state index in [1.165, 1.54) is 0 Å². The van der Waals surface area contributed by atoms with Crippen LogP contribution < -0.4 is 10.2 Å². The Morgan fingerprint density at radius 3 is 2.76 bits per heavy atom. The van der Waals surface area contributed by atoms with E-state index in [1.54, 1.807) is 23.1 Å². The Labute approximate surface area is 134 Å². The molecule has 21 heavy (non-hydrogen) atoms. The second-order valence-corrected chi connectivity index (χ2v) is 6.03. The molecule has 6 heteroatoms. The number of nitrogens with one attached hydrogen (secondary N) is 1. The monoisotopic (exact) mass is 328 g/mol. The number of rotatable bonds is 3. The Bertz CT molecular complexity index is 563. The van der Waals surface area contributed by atoms with Gasteiger partial charge in [-0.3, -0.25) is 9.59 Å². The summed E-state index contributed by atoms with van der Waals surface area (Å²) in [5, 5.41) is 3.54. The van der Waals surface area contributed by atoms with Crippen molar-refractivity contribution < 1.29 is 9.59 Å². The van der Waals surface area contributed by atoms with E-state index in [0.29, 0.717) is 22.3 Å². The van der Waals surface area contributed by atoms with Crippen LogP contribution in [0.15, 0.2) is 18.2 Å². The molecule has 1 N–H and O–H groups in total. The highest BCUT2D eigenvalue weighted by Crippen LogP contribution is 2.33. The standard InChI is InChI=1S/C15H18Cl2N2O2/c1-3-9(2)14-15(21)19(8-7-12(20)18-14)11-6-4-5-10(16)13(11)17/h4-6,9,14H,3,7-8H2,1-2H3,(H,18,20). The lowest BCUT2D eigenvalue weighted by atomic mass is 9.98. The maximum Gasteiger partial charge on any atom is 0.249 e. The molecule has 1 heterocycles. The molecule has 114 valence electrons. The number of hydrogen-bond acceptors (Lipinski definition) is 2. The summed E-state index contributed by atoms with van der Waals surface area (Å²) in [5.74, 6) is -0.200. The maximum absolute atomic E-state index is 12.8. The summed E-state index contributed by atoms with van der Waals surface area (Å²) in [5.41, 5.74) is 0.555. The highest BCUT2D eigenvalue weighted by Gasteiger charge is 2.34. The minimum Gasteiger partial charge on any atom is -0.344 e. The van der Waals surface area contributed by atoms with Crippen LogP contribution in [0.1, 0.15) is 26.7 Å². The summed E-state index contributed by atoms with van der Waals surface area (Å²) in [6, 6.07) is 4.64. The molecular formula is C15H18Cl2N2O2. The zero-order valence-corrected chi connectivity index (χ0v) is 13.5. The van der Waals surface area contributed by atoms with Crippen LogP contribution in [0, 0.1) is 5.92 Å². The Kier molecular flexibility index (Phi) is 5.12.